The molecule has 2 N–H and O–H groups in total. The predicted octanol–water partition coefficient (Wildman–Crippen LogP) is 4.76. The van der Waals surface area contributed by atoms with Crippen LogP contribution in [0.25, 0.3) is 22.3 Å². The van der Waals surface area contributed by atoms with Gasteiger partial charge in [-0.15, -0.1) is 0 Å². The van der Waals surface area contributed by atoms with Crippen LogP contribution in [0.2, 0.25) is 0 Å². The summed E-state index contributed by atoms with van der Waals surface area (Å²) in [5.41, 5.74) is 2.12. The number of nitrogens with one attached hydrogen (secondary N) is 2. The second kappa shape index (κ2) is 11.3. The molecule has 1 saturated carbocycles. The summed E-state index contributed by atoms with van der Waals surface area (Å²) < 4.78 is 41.3. The van der Waals surface area contributed by atoms with Gasteiger partial charge in [-0.25, -0.2) is 4.98 Å². The first-order valence-electron chi connectivity index (χ1n) is 15.0. The van der Waals surface area contributed by atoms with Gasteiger partial charge in [0.2, 0.25) is 11.8 Å². The number of carbonyl (C=O) groups excluding carboxylic acids is 4. The van der Waals surface area contributed by atoms with Crippen molar-refractivity contribution in [2.45, 2.75) is 56.8 Å². The first kappa shape index (κ1) is 29.6. The molecule has 4 aromatic rings. The second-order valence-corrected chi connectivity index (χ2v) is 11.9. The van der Waals surface area contributed by atoms with E-state index in [9.17, 15) is 32.3 Å². The Bertz CT molecular complexity index is 1900. The molecule has 0 radical (unpaired) electrons. The van der Waals surface area contributed by atoms with Gasteiger partial charge in [0.15, 0.2) is 0 Å². The maximum absolute atomic E-state index is 13.1. The molecule has 2 aliphatic heterocycles. The van der Waals surface area contributed by atoms with Crippen molar-refractivity contribution in [1.29, 1.82) is 0 Å². The third-order valence-corrected chi connectivity index (χ3v) is 8.91. The molecule has 1 unspecified atom stereocenters. The van der Waals surface area contributed by atoms with Crippen molar-refractivity contribution < 1.29 is 32.3 Å². The van der Waals surface area contributed by atoms with Crippen LogP contribution in [-0.4, -0.2) is 60.9 Å². The Labute approximate surface area is 260 Å². The Morgan fingerprint density at radius 3 is 2.54 bits per heavy atom. The first-order valence-corrected chi connectivity index (χ1v) is 15.0. The van der Waals surface area contributed by atoms with Crippen LogP contribution in [0.5, 0.6) is 0 Å². The number of hydrogen-bond donors (Lipinski definition) is 2. The topological polar surface area (TPSA) is 139 Å². The normalized spacial score (nSPS) is 21.4. The molecular weight excluding hydrogens is 603 g/mol. The molecule has 1 atom stereocenters. The highest BCUT2D eigenvalue weighted by Gasteiger charge is 2.44. The van der Waals surface area contributed by atoms with E-state index >= 15 is 0 Å². The van der Waals surface area contributed by atoms with Crippen molar-refractivity contribution in [3.8, 4) is 11.3 Å². The average molecular weight is 632 g/mol. The lowest BCUT2D eigenvalue weighted by Crippen LogP contribution is -2.54. The fourth-order valence-electron chi connectivity index (χ4n) is 6.35. The summed E-state index contributed by atoms with van der Waals surface area (Å²) in [7, 11) is 0. The third kappa shape index (κ3) is 5.48. The van der Waals surface area contributed by atoms with Crippen molar-refractivity contribution >= 4 is 40.3 Å². The number of aromatic nitrogens is 4. The lowest BCUT2D eigenvalue weighted by molar-refractivity contribution is -0.138. The molecule has 14 heteroatoms. The maximum Gasteiger partial charge on any atom is 0.416 e. The van der Waals surface area contributed by atoms with E-state index in [0.717, 1.165) is 42.7 Å². The molecule has 1 aliphatic carbocycles. The van der Waals surface area contributed by atoms with Crippen LogP contribution < -0.4 is 10.6 Å². The number of rotatable bonds is 8. The molecule has 7 rings (SSSR count). The zero-order chi connectivity index (χ0) is 32.2. The van der Waals surface area contributed by atoms with Gasteiger partial charge in [0.05, 0.1) is 51.9 Å². The number of amides is 4. The molecule has 4 amide bonds. The number of hydrogen-bond acceptors (Lipinski definition) is 8. The Hall–Kier alpha value is -5.14. The molecule has 4 heterocycles. The van der Waals surface area contributed by atoms with Gasteiger partial charge in [0.25, 0.3) is 11.8 Å². The highest BCUT2D eigenvalue weighted by atomic mass is 19.4. The molecule has 3 aliphatic rings. The van der Waals surface area contributed by atoms with Crippen LogP contribution in [0.1, 0.15) is 70.8 Å². The molecule has 11 nitrogen and oxygen atoms in total. The van der Waals surface area contributed by atoms with Gasteiger partial charge >= 0.3 is 6.18 Å². The Morgan fingerprint density at radius 2 is 1.76 bits per heavy atom. The van der Waals surface area contributed by atoms with Crippen LogP contribution >= 0.6 is 0 Å². The number of nitrogens with zero attached hydrogens (tertiary/aromatic N) is 5. The van der Waals surface area contributed by atoms with Gasteiger partial charge < -0.3 is 5.32 Å². The standard InChI is InChI=1S/C32H28F3N7O4/c33-32(34,35)19-3-6-24-25(12-19)39-26(15-37-24)18-14-38-41(16-18)21-10-17(11-21)2-1-9-36-20-4-5-22-23(13-20)31(46)42(30(22)45)27-7-8-28(43)40-29(27)44/h3-6,12-17,21,27,36H,1-2,7-11H2,(H,40,43,44). The minimum Gasteiger partial charge on any atom is -0.385 e. The summed E-state index contributed by atoms with van der Waals surface area (Å²) in [6, 6.07) is 7.50. The summed E-state index contributed by atoms with van der Waals surface area (Å²) in [5, 5.41) is 9.98. The van der Waals surface area contributed by atoms with E-state index in [4.69, 9.17) is 0 Å². The third-order valence-electron chi connectivity index (χ3n) is 8.91. The lowest BCUT2D eigenvalue weighted by Gasteiger charge is -2.35. The van der Waals surface area contributed by atoms with E-state index in [2.05, 4.69) is 25.7 Å². The van der Waals surface area contributed by atoms with Gasteiger partial charge in [-0.05, 0) is 74.4 Å². The zero-order valence-electron chi connectivity index (χ0n) is 24.4. The zero-order valence-corrected chi connectivity index (χ0v) is 24.4. The molecule has 1 saturated heterocycles. The minimum atomic E-state index is -4.46. The fraction of sp³-hybridized carbons (Fsp3) is 0.344. The Balaban J connectivity index is 0.895. The largest absolute Gasteiger partial charge is 0.416 e. The van der Waals surface area contributed by atoms with Crippen LogP contribution in [0, 0.1) is 5.92 Å². The smallest absolute Gasteiger partial charge is 0.385 e. The first-order chi connectivity index (χ1) is 22.0. The van der Waals surface area contributed by atoms with Crippen LogP contribution in [0.4, 0.5) is 18.9 Å². The van der Waals surface area contributed by atoms with Crippen molar-refractivity contribution in [2.24, 2.45) is 5.92 Å². The highest BCUT2D eigenvalue weighted by molar-refractivity contribution is 6.23. The van der Waals surface area contributed by atoms with E-state index in [1.54, 1.807) is 24.4 Å². The van der Waals surface area contributed by atoms with Gasteiger partial charge in [-0.1, -0.05) is 0 Å². The second-order valence-electron chi connectivity index (χ2n) is 11.9. The van der Waals surface area contributed by atoms with Gasteiger partial charge in [0.1, 0.15) is 6.04 Å². The number of imide groups is 2. The van der Waals surface area contributed by atoms with E-state index in [1.165, 1.54) is 12.3 Å². The lowest BCUT2D eigenvalue weighted by atomic mass is 9.77. The van der Waals surface area contributed by atoms with Crippen molar-refractivity contribution in [2.75, 3.05) is 11.9 Å². The highest BCUT2D eigenvalue weighted by Crippen LogP contribution is 2.41. The van der Waals surface area contributed by atoms with E-state index < -0.39 is 41.4 Å². The maximum atomic E-state index is 13.1. The molecule has 46 heavy (non-hydrogen) atoms. The van der Waals surface area contributed by atoms with Crippen molar-refractivity contribution in [1.82, 2.24) is 30.0 Å². The molecule has 0 spiro atoms. The SMILES string of the molecule is O=C1CCC(N2C(=O)c3ccc(NCCCC4CC(n5cc(-c6cnc7ccc(C(F)(F)F)cc7n6)cn5)C4)cc3C2=O)C(=O)N1. The summed E-state index contributed by atoms with van der Waals surface area (Å²) in [4.78, 5) is 59.3. The van der Waals surface area contributed by atoms with Crippen molar-refractivity contribution in [3.63, 3.8) is 0 Å². The predicted molar refractivity (Wildman–Crippen MR) is 158 cm³/mol. The van der Waals surface area contributed by atoms with E-state index in [1.807, 2.05) is 10.9 Å². The monoisotopic (exact) mass is 631 g/mol. The van der Waals surface area contributed by atoms with Gasteiger partial charge in [-0.3, -0.25) is 39.1 Å². The summed E-state index contributed by atoms with van der Waals surface area (Å²) in [5.74, 6) is -1.61. The summed E-state index contributed by atoms with van der Waals surface area (Å²) in [6.07, 6.45) is 4.54. The summed E-state index contributed by atoms with van der Waals surface area (Å²) in [6.45, 7) is 0.668. The minimum absolute atomic E-state index is 0.0689. The number of piperidine rings is 1. The molecular formula is C32H28F3N7O4. The average Bonchev–Trinajstić information content (AvgIpc) is 3.58. The summed E-state index contributed by atoms with van der Waals surface area (Å²) >= 11 is 0. The van der Waals surface area contributed by atoms with Crippen molar-refractivity contribution in [3.05, 3.63) is 71.7 Å². The van der Waals surface area contributed by atoms with Gasteiger partial charge in [0, 0.05) is 30.4 Å². The number of halogens is 3. The van der Waals surface area contributed by atoms with Gasteiger partial charge in [-0.2, -0.15) is 18.3 Å². The fourth-order valence-corrected chi connectivity index (χ4v) is 6.35. The molecule has 0 bridgehead atoms. The molecule has 2 fully saturated rings. The van der Waals surface area contributed by atoms with E-state index in [0.29, 0.717) is 34.9 Å². The molecule has 2 aromatic heterocycles. The number of alkyl halides is 3. The number of benzene rings is 2. The Morgan fingerprint density at radius 1 is 0.957 bits per heavy atom. The molecule has 236 valence electrons. The van der Waals surface area contributed by atoms with E-state index in [-0.39, 0.29) is 35.5 Å². The van der Waals surface area contributed by atoms with Crippen LogP contribution in [-0.2, 0) is 15.8 Å². The van der Waals surface area contributed by atoms with Crippen LogP contribution in [0.3, 0.4) is 0 Å². The number of carbonyl (C=O) groups is 4. The van der Waals surface area contributed by atoms with Crippen LogP contribution in [0.15, 0.2) is 55.0 Å². The molecule has 2 aromatic carbocycles. The quantitative estimate of drug-likeness (QED) is 0.210. The Kier molecular flexibility index (Phi) is 7.29. The number of fused-ring (bicyclic) bond motifs is 2. The number of anilines is 1.